The number of hydrogen-bond acceptors (Lipinski definition) is 5. The number of aromatic carboxylic acids is 1. The van der Waals surface area contributed by atoms with Gasteiger partial charge in [-0.25, -0.2) is 9.78 Å². The number of carbonyl (C=O) groups is 1. The topological polar surface area (TPSA) is 62.2 Å². The van der Waals surface area contributed by atoms with Crippen LogP contribution in [0.5, 0.6) is 0 Å². The summed E-state index contributed by atoms with van der Waals surface area (Å²) in [5.41, 5.74) is 0.598. The van der Waals surface area contributed by atoms with Crippen molar-refractivity contribution in [1.82, 2.24) is 4.98 Å². The molecule has 88 valence electrons. The first-order valence-corrected chi connectivity index (χ1v) is 7.16. The highest BCUT2D eigenvalue weighted by atomic mass is 32.2. The molecule has 0 aliphatic carbocycles. The molecular weight excluding hydrogens is 244 g/mol. The van der Waals surface area contributed by atoms with E-state index >= 15 is 0 Å². The Bertz CT molecular complexity index is 386. The summed E-state index contributed by atoms with van der Waals surface area (Å²) in [6, 6.07) is 0. The van der Waals surface area contributed by atoms with Gasteiger partial charge in [-0.15, -0.1) is 0 Å². The number of aromatic nitrogens is 1. The first kappa shape index (κ1) is 11.7. The molecule has 0 bridgehead atoms. The number of carboxylic acids is 1. The molecule has 0 spiro atoms. The van der Waals surface area contributed by atoms with E-state index in [1.165, 1.54) is 29.3 Å². The molecule has 1 unspecified atom stereocenters. The molecule has 1 atom stereocenters. The highest BCUT2D eigenvalue weighted by Crippen LogP contribution is 2.26. The predicted molar refractivity (Wildman–Crippen MR) is 67.7 cm³/mol. The van der Waals surface area contributed by atoms with Gasteiger partial charge < -0.3 is 10.4 Å². The van der Waals surface area contributed by atoms with Gasteiger partial charge in [0.1, 0.15) is 4.88 Å². The first-order chi connectivity index (χ1) is 7.66. The summed E-state index contributed by atoms with van der Waals surface area (Å²) in [6.45, 7) is 2.63. The zero-order valence-corrected chi connectivity index (χ0v) is 10.7. The third-order valence-electron chi connectivity index (χ3n) is 2.56. The summed E-state index contributed by atoms with van der Waals surface area (Å²) in [4.78, 5) is 15.4. The lowest BCUT2D eigenvalue weighted by atomic mass is 10.1. The molecule has 1 aliphatic rings. The van der Waals surface area contributed by atoms with Gasteiger partial charge in [0.15, 0.2) is 5.13 Å². The van der Waals surface area contributed by atoms with Crippen LogP contribution in [0.4, 0.5) is 5.13 Å². The SMILES string of the molecule is Cc1nc(NCC2CCSC2)sc1C(=O)O. The molecule has 1 aromatic heterocycles. The number of anilines is 1. The summed E-state index contributed by atoms with van der Waals surface area (Å²) in [7, 11) is 0. The van der Waals surface area contributed by atoms with Crippen molar-refractivity contribution in [2.45, 2.75) is 13.3 Å². The maximum absolute atomic E-state index is 10.8. The molecule has 1 saturated heterocycles. The van der Waals surface area contributed by atoms with E-state index in [2.05, 4.69) is 10.3 Å². The summed E-state index contributed by atoms with van der Waals surface area (Å²) >= 11 is 3.20. The highest BCUT2D eigenvalue weighted by molar-refractivity contribution is 7.99. The molecule has 0 saturated carbocycles. The zero-order valence-electron chi connectivity index (χ0n) is 9.02. The maximum Gasteiger partial charge on any atom is 0.347 e. The van der Waals surface area contributed by atoms with Gasteiger partial charge in [-0.1, -0.05) is 11.3 Å². The molecule has 1 fully saturated rings. The average molecular weight is 258 g/mol. The summed E-state index contributed by atoms with van der Waals surface area (Å²) in [5, 5.41) is 12.9. The first-order valence-electron chi connectivity index (χ1n) is 5.19. The lowest BCUT2D eigenvalue weighted by molar-refractivity contribution is 0.0701. The van der Waals surface area contributed by atoms with Crippen LogP contribution in [0.25, 0.3) is 0 Å². The van der Waals surface area contributed by atoms with Crippen LogP contribution in [-0.2, 0) is 0 Å². The zero-order chi connectivity index (χ0) is 11.5. The fourth-order valence-electron chi connectivity index (χ4n) is 1.65. The van der Waals surface area contributed by atoms with Crippen LogP contribution >= 0.6 is 23.1 Å². The minimum absolute atomic E-state index is 0.336. The van der Waals surface area contributed by atoms with E-state index in [1.54, 1.807) is 6.92 Å². The molecule has 1 aliphatic heterocycles. The van der Waals surface area contributed by atoms with Crippen molar-refractivity contribution >= 4 is 34.2 Å². The molecule has 0 aromatic carbocycles. The molecule has 6 heteroatoms. The quantitative estimate of drug-likeness (QED) is 0.867. The lowest BCUT2D eigenvalue weighted by Gasteiger charge is -2.07. The van der Waals surface area contributed by atoms with Crippen molar-refractivity contribution < 1.29 is 9.90 Å². The monoisotopic (exact) mass is 258 g/mol. The van der Waals surface area contributed by atoms with Crippen LogP contribution in [0, 0.1) is 12.8 Å². The van der Waals surface area contributed by atoms with Crippen LogP contribution < -0.4 is 5.32 Å². The van der Waals surface area contributed by atoms with Crippen LogP contribution in [0.1, 0.15) is 21.8 Å². The summed E-state index contributed by atoms with van der Waals surface area (Å²) in [6.07, 6.45) is 1.24. The Labute approximate surface area is 102 Å². The second kappa shape index (κ2) is 5.05. The third kappa shape index (κ3) is 2.68. The van der Waals surface area contributed by atoms with Gasteiger partial charge in [0, 0.05) is 6.54 Å². The van der Waals surface area contributed by atoms with Crippen LogP contribution in [0.15, 0.2) is 0 Å². The number of thiazole rings is 1. The molecule has 4 nitrogen and oxygen atoms in total. The third-order valence-corrected chi connectivity index (χ3v) is 4.89. The Morgan fingerprint density at radius 2 is 2.50 bits per heavy atom. The molecule has 16 heavy (non-hydrogen) atoms. The van der Waals surface area contributed by atoms with Crippen molar-refractivity contribution in [2.75, 3.05) is 23.4 Å². The van der Waals surface area contributed by atoms with Crippen LogP contribution in [0.2, 0.25) is 0 Å². The van der Waals surface area contributed by atoms with E-state index in [4.69, 9.17) is 5.11 Å². The van der Waals surface area contributed by atoms with Crippen LogP contribution in [0.3, 0.4) is 0 Å². The fourth-order valence-corrected chi connectivity index (χ4v) is 3.74. The van der Waals surface area contributed by atoms with Crippen LogP contribution in [-0.4, -0.2) is 34.1 Å². The van der Waals surface area contributed by atoms with Gasteiger partial charge in [0.2, 0.25) is 0 Å². The largest absolute Gasteiger partial charge is 0.477 e. The fraction of sp³-hybridized carbons (Fsp3) is 0.600. The normalized spacial score (nSPS) is 19.9. The van der Waals surface area contributed by atoms with E-state index < -0.39 is 5.97 Å². The summed E-state index contributed by atoms with van der Waals surface area (Å²) < 4.78 is 0. The molecule has 2 rings (SSSR count). The molecule has 0 amide bonds. The Balaban J connectivity index is 1.94. The Hall–Kier alpha value is -0.750. The van der Waals surface area contributed by atoms with Crippen molar-refractivity contribution in [3.05, 3.63) is 10.6 Å². The number of rotatable bonds is 4. The second-order valence-corrected chi connectivity index (χ2v) is 6.00. The van der Waals surface area contributed by atoms with Crippen molar-refractivity contribution in [3.63, 3.8) is 0 Å². The van der Waals surface area contributed by atoms with E-state index in [0.717, 1.165) is 11.7 Å². The number of hydrogen-bond donors (Lipinski definition) is 2. The summed E-state index contributed by atoms with van der Waals surface area (Å²) in [5.74, 6) is 2.24. The lowest BCUT2D eigenvalue weighted by Crippen LogP contribution is -2.13. The number of nitrogens with one attached hydrogen (secondary N) is 1. The van der Waals surface area contributed by atoms with Crippen molar-refractivity contribution in [2.24, 2.45) is 5.92 Å². The minimum Gasteiger partial charge on any atom is -0.477 e. The minimum atomic E-state index is -0.889. The van der Waals surface area contributed by atoms with Crippen molar-refractivity contribution in [3.8, 4) is 0 Å². The average Bonchev–Trinajstić information content (AvgIpc) is 2.83. The molecule has 2 heterocycles. The van der Waals surface area contributed by atoms with Gasteiger partial charge in [-0.05, 0) is 30.8 Å². The van der Waals surface area contributed by atoms with Gasteiger partial charge in [-0.2, -0.15) is 11.8 Å². The van der Waals surface area contributed by atoms with Gasteiger partial charge in [-0.3, -0.25) is 0 Å². The molecular formula is C10H14N2O2S2. The molecule has 2 N–H and O–H groups in total. The van der Waals surface area contributed by atoms with E-state index in [-0.39, 0.29) is 0 Å². The van der Waals surface area contributed by atoms with E-state index in [1.807, 2.05) is 11.8 Å². The molecule has 1 aromatic rings. The number of carboxylic acid groups (broad SMARTS) is 1. The molecule has 0 radical (unpaired) electrons. The Morgan fingerprint density at radius 1 is 1.69 bits per heavy atom. The Morgan fingerprint density at radius 3 is 3.06 bits per heavy atom. The number of aryl methyl sites for hydroxylation is 1. The number of nitrogens with zero attached hydrogens (tertiary/aromatic N) is 1. The predicted octanol–water partition coefficient (Wildman–Crippen LogP) is 2.31. The standard InChI is InChI=1S/C10H14N2O2S2/c1-6-8(9(13)14)16-10(12-6)11-4-7-2-3-15-5-7/h7H,2-5H2,1H3,(H,11,12)(H,13,14). The second-order valence-electron chi connectivity index (χ2n) is 3.85. The van der Waals surface area contributed by atoms with Gasteiger partial charge in [0.05, 0.1) is 5.69 Å². The smallest absolute Gasteiger partial charge is 0.347 e. The van der Waals surface area contributed by atoms with E-state index in [0.29, 0.717) is 16.5 Å². The van der Waals surface area contributed by atoms with Crippen molar-refractivity contribution in [1.29, 1.82) is 0 Å². The highest BCUT2D eigenvalue weighted by Gasteiger charge is 2.17. The van der Waals surface area contributed by atoms with Gasteiger partial charge >= 0.3 is 5.97 Å². The van der Waals surface area contributed by atoms with E-state index in [9.17, 15) is 4.79 Å². The van der Waals surface area contributed by atoms with Gasteiger partial charge in [0.25, 0.3) is 0 Å². The maximum atomic E-state index is 10.8. The number of thioether (sulfide) groups is 1. The Kier molecular flexibility index (Phi) is 3.70.